The molecule has 0 N–H and O–H groups in total. The zero-order valence-corrected chi connectivity index (χ0v) is 19.9. The van der Waals surface area contributed by atoms with Crippen LogP contribution < -0.4 is 0 Å². The molecule has 0 saturated heterocycles. The van der Waals surface area contributed by atoms with Crippen LogP contribution in [0.4, 0.5) is 17.6 Å². The van der Waals surface area contributed by atoms with E-state index in [0.29, 0.717) is 22.4 Å². The minimum Gasteiger partial charge on any atom is -0.206 e. The molecule has 0 heterocycles. The topological polar surface area (TPSA) is 0 Å². The minimum absolute atomic E-state index is 0.327. The van der Waals surface area contributed by atoms with Gasteiger partial charge in [-0.05, 0) is 66.2 Å². The molecule has 0 nitrogen and oxygen atoms in total. The summed E-state index contributed by atoms with van der Waals surface area (Å²) >= 11 is 0. The minimum atomic E-state index is -4.40. The molecule has 0 spiro atoms. The standard InChI is InChI=1S/C30H34F4/c1-2-3-4-5-6-7-21-8-10-22(11-9-21)24-14-18-28-25(20-24)15-19-27(29(28)31)23-12-16-26(17-13-23)30(32,33)34/h12-22H,2-11H2,1H3. The van der Waals surface area contributed by atoms with E-state index < -0.39 is 11.7 Å². The monoisotopic (exact) mass is 470 g/mol. The summed E-state index contributed by atoms with van der Waals surface area (Å²) in [5.41, 5.74) is 1.32. The third kappa shape index (κ3) is 5.82. The van der Waals surface area contributed by atoms with E-state index in [1.165, 1.54) is 81.9 Å². The fourth-order valence-electron chi connectivity index (χ4n) is 5.45. The van der Waals surface area contributed by atoms with Crippen LogP contribution in [0, 0.1) is 11.7 Å². The number of halogens is 4. The van der Waals surface area contributed by atoms with Gasteiger partial charge >= 0.3 is 6.18 Å². The van der Waals surface area contributed by atoms with Crippen molar-refractivity contribution in [1.29, 1.82) is 0 Å². The summed E-state index contributed by atoms with van der Waals surface area (Å²) in [6.45, 7) is 2.25. The number of benzene rings is 3. The predicted molar refractivity (Wildman–Crippen MR) is 132 cm³/mol. The fourth-order valence-corrected chi connectivity index (χ4v) is 5.45. The molecule has 0 unspecified atom stereocenters. The van der Waals surface area contributed by atoms with Crippen LogP contribution in [-0.2, 0) is 6.18 Å². The molecule has 34 heavy (non-hydrogen) atoms. The summed E-state index contributed by atoms with van der Waals surface area (Å²) in [7, 11) is 0. The summed E-state index contributed by atoms with van der Waals surface area (Å²) in [5, 5.41) is 1.37. The molecular weight excluding hydrogens is 436 g/mol. The Kier molecular flexibility index (Phi) is 7.95. The molecule has 3 aromatic carbocycles. The van der Waals surface area contributed by atoms with Gasteiger partial charge in [-0.3, -0.25) is 0 Å². The number of hydrogen-bond acceptors (Lipinski definition) is 0. The SMILES string of the molecule is CCCCCCCC1CCC(c2ccc3c(F)c(-c4ccc(C(F)(F)F)cc4)ccc3c2)CC1. The van der Waals surface area contributed by atoms with E-state index >= 15 is 4.39 Å². The molecule has 0 amide bonds. The lowest BCUT2D eigenvalue weighted by Crippen LogP contribution is -2.13. The van der Waals surface area contributed by atoms with E-state index in [4.69, 9.17) is 0 Å². The maximum absolute atomic E-state index is 15.3. The molecule has 1 saturated carbocycles. The summed E-state index contributed by atoms with van der Waals surface area (Å²) in [5.74, 6) is 0.996. The Balaban J connectivity index is 1.42. The van der Waals surface area contributed by atoms with Gasteiger partial charge in [0.25, 0.3) is 0 Å². The quantitative estimate of drug-likeness (QED) is 0.227. The van der Waals surface area contributed by atoms with Crippen LogP contribution in [-0.4, -0.2) is 0 Å². The van der Waals surface area contributed by atoms with Crippen LogP contribution >= 0.6 is 0 Å². The van der Waals surface area contributed by atoms with Crippen LogP contribution in [0.2, 0.25) is 0 Å². The second kappa shape index (κ2) is 10.9. The lowest BCUT2D eigenvalue weighted by atomic mass is 9.76. The number of fused-ring (bicyclic) bond motifs is 1. The van der Waals surface area contributed by atoms with Gasteiger partial charge < -0.3 is 0 Å². The van der Waals surface area contributed by atoms with Crippen molar-refractivity contribution in [3.8, 4) is 11.1 Å². The number of rotatable bonds is 8. The average Bonchev–Trinajstić information content (AvgIpc) is 2.84. The van der Waals surface area contributed by atoms with E-state index in [0.717, 1.165) is 23.4 Å². The Morgan fingerprint density at radius 2 is 1.50 bits per heavy atom. The molecule has 182 valence electrons. The molecule has 4 heteroatoms. The van der Waals surface area contributed by atoms with Gasteiger partial charge in [0.05, 0.1) is 5.56 Å². The molecule has 1 fully saturated rings. The molecule has 0 atom stereocenters. The fraction of sp³-hybridized carbons (Fsp3) is 0.467. The predicted octanol–water partition coefficient (Wildman–Crippen LogP) is 10.3. The summed E-state index contributed by atoms with van der Waals surface area (Å²) in [4.78, 5) is 0. The molecule has 0 aromatic heterocycles. The van der Waals surface area contributed by atoms with Gasteiger partial charge in [-0.1, -0.05) is 87.9 Å². The summed E-state index contributed by atoms with van der Waals surface area (Å²) < 4.78 is 53.8. The van der Waals surface area contributed by atoms with Crippen LogP contribution in [0.15, 0.2) is 54.6 Å². The molecule has 0 radical (unpaired) electrons. The highest BCUT2D eigenvalue weighted by Gasteiger charge is 2.30. The van der Waals surface area contributed by atoms with Crippen molar-refractivity contribution in [2.45, 2.75) is 83.2 Å². The number of hydrogen-bond donors (Lipinski definition) is 0. The van der Waals surface area contributed by atoms with Crippen molar-refractivity contribution in [1.82, 2.24) is 0 Å². The van der Waals surface area contributed by atoms with Gasteiger partial charge in [-0.2, -0.15) is 13.2 Å². The van der Waals surface area contributed by atoms with Crippen molar-refractivity contribution >= 4 is 10.8 Å². The second-order valence-corrected chi connectivity index (χ2v) is 9.90. The van der Waals surface area contributed by atoms with Crippen LogP contribution in [0.1, 0.15) is 88.2 Å². The highest BCUT2D eigenvalue weighted by molar-refractivity contribution is 5.89. The van der Waals surface area contributed by atoms with Gasteiger partial charge in [0.15, 0.2) is 0 Å². The molecule has 1 aliphatic carbocycles. The molecule has 0 bridgehead atoms. The van der Waals surface area contributed by atoms with Crippen molar-refractivity contribution < 1.29 is 17.6 Å². The molecule has 3 aromatic rings. The van der Waals surface area contributed by atoms with E-state index in [2.05, 4.69) is 13.0 Å². The lowest BCUT2D eigenvalue weighted by Gasteiger charge is -2.29. The maximum atomic E-state index is 15.3. The smallest absolute Gasteiger partial charge is 0.206 e. The Morgan fingerprint density at radius 1 is 0.794 bits per heavy atom. The van der Waals surface area contributed by atoms with Gasteiger partial charge in [0, 0.05) is 10.9 Å². The van der Waals surface area contributed by atoms with Crippen LogP contribution in [0.25, 0.3) is 21.9 Å². The first-order chi connectivity index (χ1) is 16.4. The van der Waals surface area contributed by atoms with Gasteiger partial charge in [0.2, 0.25) is 0 Å². The van der Waals surface area contributed by atoms with Crippen molar-refractivity contribution in [2.24, 2.45) is 5.92 Å². The Hall–Kier alpha value is -2.36. The van der Waals surface area contributed by atoms with Gasteiger partial charge in [-0.15, -0.1) is 0 Å². The highest BCUT2D eigenvalue weighted by atomic mass is 19.4. The molecule has 0 aliphatic heterocycles. The Bertz CT molecular complexity index is 1070. The first kappa shape index (κ1) is 24.8. The zero-order valence-electron chi connectivity index (χ0n) is 19.9. The van der Waals surface area contributed by atoms with Gasteiger partial charge in [0.1, 0.15) is 5.82 Å². The summed E-state index contributed by atoms with van der Waals surface area (Å²) in [6, 6.07) is 14.2. The number of alkyl halides is 3. The van der Waals surface area contributed by atoms with Crippen LogP contribution in [0.3, 0.4) is 0 Å². The largest absolute Gasteiger partial charge is 0.416 e. The molecule has 1 aliphatic rings. The first-order valence-electron chi connectivity index (χ1n) is 12.8. The first-order valence-corrected chi connectivity index (χ1v) is 12.8. The van der Waals surface area contributed by atoms with Crippen molar-refractivity contribution in [3.63, 3.8) is 0 Å². The van der Waals surface area contributed by atoms with E-state index in [1.807, 2.05) is 18.2 Å². The second-order valence-electron chi connectivity index (χ2n) is 9.90. The van der Waals surface area contributed by atoms with E-state index in [1.54, 1.807) is 6.07 Å². The Labute approximate surface area is 200 Å². The zero-order chi connectivity index (χ0) is 24.1. The Morgan fingerprint density at radius 3 is 2.18 bits per heavy atom. The highest BCUT2D eigenvalue weighted by Crippen LogP contribution is 2.39. The normalized spacial score (nSPS) is 19.0. The average molecular weight is 471 g/mol. The van der Waals surface area contributed by atoms with E-state index in [-0.39, 0.29) is 5.82 Å². The maximum Gasteiger partial charge on any atom is 0.416 e. The third-order valence-electron chi connectivity index (χ3n) is 7.54. The van der Waals surface area contributed by atoms with Crippen molar-refractivity contribution in [2.75, 3.05) is 0 Å². The molecular formula is C30H34F4. The van der Waals surface area contributed by atoms with Crippen LogP contribution in [0.5, 0.6) is 0 Å². The lowest BCUT2D eigenvalue weighted by molar-refractivity contribution is -0.137. The number of unbranched alkanes of at least 4 members (excludes halogenated alkanes) is 4. The van der Waals surface area contributed by atoms with Crippen molar-refractivity contribution in [3.05, 3.63) is 71.5 Å². The summed E-state index contributed by atoms with van der Waals surface area (Å²) in [6.07, 6.45) is 8.60. The van der Waals surface area contributed by atoms with Gasteiger partial charge in [-0.25, -0.2) is 4.39 Å². The third-order valence-corrected chi connectivity index (χ3v) is 7.54. The molecule has 4 rings (SSSR count). The van der Waals surface area contributed by atoms with E-state index in [9.17, 15) is 13.2 Å².